The lowest BCUT2D eigenvalue weighted by atomic mass is 9.45. The zero-order valence-corrected chi connectivity index (χ0v) is 27.7. The summed E-state index contributed by atoms with van der Waals surface area (Å²) in [5.41, 5.74) is 2.00. The van der Waals surface area contributed by atoms with E-state index in [-0.39, 0.29) is 11.3 Å². The van der Waals surface area contributed by atoms with Crippen LogP contribution in [0.15, 0.2) is 40.1 Å². The summed E-state index contributed by atoms with van der Waals surface area (Å²) < 4.78 is 51.3. The van der Waals surface area contributed by atoms with Gasteiger partial charge in [0.05, 0.1) is 23.2 Å². The second-order valence-electron chi connectivity index (χ2n) is 14.8. The molecule has 5 saturated carbocycles. The summed E-state index contributed by atoms with van der Waals surface area (Å²) in [5, 5.41) is 0. The van der Waals surface area contributed by atoms with Crippen molar-refractivity contribution in [1.29, 1.82) is 0 Å². The third kappa shape index (κ3) is 4.49. The number of ether oxygens (including phenoxy) is 1. The van der Waals surface area contributed by atoms with Gasteiger partial charge in [-0.25, -0.2) is 4.21 Å². The third-order valence-corrected chi connectivity index (χ3v) is 15.5. The molecule has 0 N–H and O–H groups in total. The van der Waals surface area contributed by atoms with Crippen molar-refractivity contribution in [2.75, 3.05) is 13.4 Å². The van der Waals surface area contributed by atoms with Crippen molar-refractivity contribution in [3.8, 4) is 0 Å². The minimum absolute atomic E-state index is 0.0834. The number of rotatable bonds is 8. The predicted octanol–water partition coefficient (Wildman–Crippen LogP) is 7.27. The van der Waals surface area contributed by atoms with E-state index in [1.54, 1.807) is 0 Å². The Morgan fingerprint density at radius 1 is 1.07 bits per heavy atom. The molecule has 41 heavy (non-hydrogen) atoms. The maximum atomic E-state index is 13.9. The number of allylic oxidation sites excluding steroid dienone is 1. The maximum Gasteiger partial charge on any atom is 0.265 e. The molecule has 1 spiro atoms. The van der Waals surface area contributed by atoms with Gasteiger partial charge in [-0.05, 0) is 124 Å². The van der Waals surface area contributed by atoms with Crippen LogP contribution in [-0.2, 0) is 29.8 Å². The highest BCUT2D eigenvalue weighted by molar-refractivity contribution is 7.89. The summed E-state index contributed by atoms with van der Waals surface area (Å²) in [4.78, 5) is 1.24. The second kappa shape index (κ2) is 10.3. The third-order valence-electron chi connectivity index (χ3n) is 13.3. The summed E-state index contributed by atoms with van der Waals surface area (Å²) in [5.74, 6) is 3.10. The van der Waals surface area contributed by atoms with Gasteiger partial charge in [0, 0.05) is 22.3 Å². The van der Waals surface area contributed by atoms with Crippen LogP contribution < -0.4 is 0 Å². The number of fused-ring (bicyclic) bond motifs is 4. The highest BCUT2D eigenvalue weighted by atomic mass is 32.2. The minimum Gasteiger partial charge on any atom is -0.381 e. The Labute approximate surface area is 250 Å². The summed E-state index contributed by atoms with van der Waals surface area (Å²) in [6, 6.07) is 7.66. The first-order valence-electron chi connectivity index (χ1n) is 15.9. The Bertz CT molecular complexity index is 1340. The molecule has 7 heteroatoms. The van der Waals surface area contributed by atoms with Crippen LogP contribution in [0.5, 0.6) is 0 Å². The molecule has 6 rings (SSSR count). The van der Waals surface area contributed by atoms with E-state index in [1.165, 1.54) is 44.9 Å². The van der Waals surface area contributed by atoms with Crippen molar-refractivity contribution in [2.24, 2.45) is 51.8 Å². The fourth-order valence-corrected chi connectivity index (χ4v) is 13.5. The van der Waals surface area contributed by atoms with Crippen LogP contribution in [0.2, 0.25) is 0 Å². The molecule has 1 aromatic carbocycles. The molecule has 5 aliphatic carbocycles. The van der Waals surface area contributed by atoms with Crippen LogP contribution in [-0.4, -0.2) is 38.2 Å². The van der Waals surface area contributed by atoms with Crippen molar-refractivity contribution in [2.45, 2.75) is 103 Å². The van der Waals surface area contributed by atoms with E-state index in [0.29, 0.717) is 44.5 Å². The van der Waals surface area contributed by atoms with Gasteiger partial charge in [-0.15, -0.1) is 0 Å². The average molecular weight is 603 g/mol. The first-order chi connectivity index (χ1) is 19.3. The molecular weight excluding hydrogens is 553 g/mol. The van der Waals surface area contributed by atoms with E-state index in [1.807, 2.05) is 51.3 Å². The smallest absolute Gasteiger partial charge is 0.265 e. The number of benzene rings is 1. The van der Waals surface area contributed by atoms with E-state index < -0.39 is 27.0 Å². The molecular formula is C34H50O5S2. The number of hydrogen-bond acceptors (Lipinski definition) is 5. The van der Waals surface area contributed by atoms with Gasteiger partial charge in [0.15, 0.2) is 0 Å². The second-order valence-corrected chi connectivity index (χ2v) is 17.9. The number of methoxy groups -OCH3 is 1. The Hall–Kier alpha value is -1.02. The Morgan fingerprint density at radius 3 is 2.39 bits per heavy atom. The van der Waals surface area contributed by atoms with Gasteiger partial charge in [-0.2, -0.15) is 8.42 Å². The van der Waals surface area contributed by atoms with E-state index in [9.17, 15) is 12.6 Å². The fourth-order valence-electron chi connectivity index (χ4n) is 11.5. The molecule has 5 aliphatic rings. The summed E-state index contributed by atoms with van der Waals surface area (Å²) in [6.07, 6.45) is 12.5. The van der Waals surface area contributed by atoms with Gasteiger partial charge in [0.25, 0.3) is 10.1 Å². The van der Waals surface area contributed by atoms with Gasteiger partial charge >= 0.3 is 0 Å². The lowest BCUT2D eigenvalue weighted by Crippen LogP contribution is -2.57. The Balaban J connectivity index is 1.30. The molecule has 0 heterocycles. The van der Waals surface area contributed by atoms with E-state index in [4.69, 9.17) is 8.92 Å². The SMILES string of the molecule is C/C=C(\[C@@H](OS(C)(=O)=O)[C@@H](C)[C@H]1CC[C@H]2[C@@H]3C[C@@H](OC)[C@]45C[C@H]4CC[C@]5(C)[C@H]3CC[C@]12C)[S@@](=O)c1ccc(C)cc1. The zero-order chi connectivity index (χ0) is 29.5. The van der Waals surface area contributed by atoms with Crippen LogP contribution in [0.25, 0.3) is 0 Å². The van der Waals surface area contributed by atoms with Crippen molar-refractivity contribution in [3.05, 3.63) is 40.8 Å². The lowest BCUT2D eigenvalue weighted by molar-refractivity contribution is -0.161. The zero-order valence-electron chi connectivity index (χ0n) is 26.0. The predicted molar refractivity (Wildman–Crippen MR) is 164 cm³/mol. The van der Waals surface area contributed by atoms with Crippen molar-refractivity contribution in [1.82, 2.24) is 0 Å². The van der Waals surface area contributed by atoms with E-state index >= 15 is 0 Å². The normalized spacial score (nSPS) is 43.8. The van der Waals surface area contributed by atoms with Crippen LogP contribution in [0.3, 0.4) is 0 Å². The molecule has 0 aromatic heterocycles. The minimum atomic E-state index is -3.77. The average Bonchev–Trinajstić information content (AvgIpc) is 3.43. The van der Waals surface area contributed by atoms with Crippen LogP contribution in [0.1, 0.15) is 84.6 Å². The summed E-state index contributed by atoms with van der Waals surface area (Å²) in [7, 11) is -3.33. The molecule has 0 aliphatic heterocycles. The lowest BCUT2D eigenvalue weighted by Gasteiger charge is -2.61. The van der Waals surface area contributed by atoms with Crippen molar-refractivity contribution < 1.29 is 21.5 Å². The molecule has 228 valence electrons. The van der Waals surface area contributed by atoms with Crippen molar-refractivity contribution in [3.63, 3.8) is 0 Å². The van der Waals surface area contributed by atoms with Crippen LogP contribution in [0, 0.1) is 58.7 Å². The van der Waals surface area contributed by atoms with Gasteiger partial charge in [-0.1, -0.05) is 44.5 Å². The molecule has 0 radical (unpaired) electrons. The Morgan fingerprint density at radius 2 is 1.78 bits per heavy atom. The first kappa shape index (κ1) is 30.0. The highest BCUT2D eigenvalue weighted by Gasteiger charge is 2.77. The van der Waals surface area contributed by atoms with Gasteiger partial charge in [0.2, 0.25) is 0 Å². The molecule has 1 aromatic rings. The number of hydrogen-bond donors (Lipinski definition) is 0. The molecule has 12 atom stereocenters. The standard InChI is InChI=1S/C34H50O5S2/c1-8-29(40(35)24-11-9-21(2)10-12-24)31(39-41(7,36)37)22(3)26-13-14-27-25-19-30(38-6)34-20-23(34)15-18-33(34,5)28(25)16-17-32(26,27)4/h8-12,22-23,25-28,30-31H,13-20H2,1-7H3/b29-8+/t22-,23+,25-,26+,27-,28-,30+,31-,32+,33+,34-,40-/m0/s1. The van der Waals surface area contributed by atoms with Crippen molar-refractivity contribution >= 4 is 20.9 Å². The van der Waals surface area contributed by atoms with Crippen LogP contribution in [0.4, 0.5) is 0 Å². The molecule has 0 bridgehead atoms. The molecule has 5 fully saturated rings. The van der Waals surface area contributed by atoms with Gasteiger partial charge in [0.1, 0.15) is 6.10 Å². The quantitative estimate of drug-likeness (QED) is 0.293. The summed E-state index contributed by atoms with van der Waals surface area (Å²) >= 11 is 0. The summed E-state index contributed by atoms with van der Waals surface area (Å²) in [6.45, 7) is 11.1. The molecule has 5 nitrogen and oxygen atoms in total. The van der Waals surface area contributed by atoms with Gasteiger partial charge < -0.3 is 4.74 Å². The fraction of sp³-hybridized carbons (Fsp3) is 0.765. The largest absolute Gasteiger partial charge is 0.381 e. The monoisotopic (exact) mass is 602 g/mol. The van der Waals surface area contributed by atoms with E-state index in [2.05, 4.69) is 20.8 Å². The van der Waals surface area contributed by atoms with Gasteiger partial charge in [-0.3, -0.25) is 4.18 Å². The molecule has 0 saturated heterocycles. The topological polar surface area (TPSA) is 69.7 Å². The molecule has 0 amide bonds. The van der Waals surface area contributed by atoms with E-state index in [0.717, 1.165) is 30.1 Å². The number of aryl methyl sites for hydroxylation is 1. The van der Waals surface area contributed by atoms with Crippen LogP contribution >= 0.6 is 0 Å². The highest BCUT2D eigenvalue weighted by Crippen LogP contribution is 2.82. The Kier molecular flexibility index (Phi) is 7.52. The molecule has 0 unspecified atom stereocenters. The maximum absolute atomic E-state index is 13.9. The first-order valence-corrected chi connectivity index (χ1v) is 18.8.